The van der Waals surface area contributed by atoms with Crippen molar-refractivity contribution in [2.24, 2.45) is 5.10 Å². The van der Waals surface area contributed by atoms with E-state index < -0.39 is 0 Å². The Bertz CT molecular complexity index is 957. The molecular formula is C20H21BrN4O2S. The second-order valence-corrected chi connectivity index (χ2v) is 7.70. The summed E-state index contributed by atoms with van der Waals surface area (Å²) in [7, 11) is 1.62. The maximum atomic E-state index is 5.55. The fourth-order valence-electron chi connectivity index (χ4n) is 2.45. The SMILES string of the molecule is CCOc1ccc(/C=N/n2c(C)nnc2SCc2ccc(Br)cc2)cc1OC. The van der Waals surface area contributed by atoms with Crippen LogP contribution in [0.25, 0.3) is 0 Å². The maximum Gasteiger partial charge on any atom is 0.212 e. The lowest BCUT2D eigenvalue weighted by molar-refractivity contribution is 0.311. The van der Waals surface area contributed by atoms with Gasteiger partial charge in [-0.05, 0) is 55.3 Å². The number of benzene rings is 2. The molecule has 0 spiro atoms. The number of methoxy groups -OCH3 is 1. The summed E-state index contributed by atoms with van der Waals surface area (Å²) in [6.45, 7) is 4.41. The molecule has 0 aliphatic carbocycles. The minimum atomic E-state index is 0.586. The Morgan fingerprint density at radius 2 is 1.93 bits per heavy atom. The summed E-state index contributed by atoms with van der Waals surface area (Å²) in [6.07, 6.45) is 1.76. The van der Waals surface area contributed by atoms with Crippen LogP contribution in [0.5, 0.6) is 11.5 Å². The third-order valence-electron chi connectivity index (χ3n) is 3.86. The second kappa shape index (κ2) is 9.75. The molecule has 0 aliphatic rings. The quantitative estimate of drug-likeness (QED) is 0.352. The topological polar surface area (TPSA) is 61.5 Å². The average molecular weight is 461 g/mol. The Morgan fingerprint density at radius 1 is 1.14 bits per heavy atom. The summed E-state index contributed by atoms with van der Waals surface area (Å²) < 4.78 is 13.8. The van der Waals surface area contributed by atoms with Gasteiger partial charge in [-0.25, -0.2) is 0 Å². The van der Waals surface area contributed by atoms with Gasteiger partial charge >= 0.3 is 0 Å². The number of rotatable bonds is 8. The number of nitrogens with zero attached hydrogens (tertiary/aromatic N) is 4. The van der Waals surface area contributed by atoms with Gasteiger partial charge in [0.25, 0.3) is 0 Å². The number of halogens is 1. The van der Waals surface area contributed by atoms with Gasteiger partial charge in [-0.2, -0.15) is 9.78 Å². The average Bonchev–Trinajstić information content (AvgIpc) is 3.06. The van der Waals surface area contributed by atoms with Crippen molar-refractivity contribution in [2.75, 3.05) is 13.7 Å². The largest absolute Gasteiger partial charge is 0.493 e. The van der Waals surface area contributed by atoms with E-state index in [1.165, 1.54) is 5.56 Å². The van der Waals surface area contributed by atoms with Gasteiger partial charge in [0.1, 0.15) is 0 Å². The van der Waals surface area contributed by atoms with Crippen LogP contribution in [0.3, 0.4) is 0 Å². The number of thioether (sulfide) groups is 1. The van der Waals surface area contributed by atoms with Crippen molar-refractivity contribution in [2.45, 2.75) is 24.8 Å². The van der Waals surface area contributed by atoms with Crippen LogP contribution in [-0.4, -0.2) is 34.8 Å². The minimum absolute atomic E-state index is 0.586. The summed E-state index contributed by atoms with van der Waals surface area (Å²) in [6, 6.07) is 13.9. The van der Waals surface area contributed by atoms with E-state index in [9.17, 15) is 0 Å². The standard InChI is InChI=1S/C20H21BrN4O2S/c1-4-27-18-10-7-16(11-19(18)26-3)12-22-25-14(2)23-24-20(25)28-13-15-5-8-17(21)9-6-15/h5-12H,4,13H2,1-3H3/b22-12+. The molecule has 146 valence electrons. The molecule has 0 unspecified atom stereocenters. The summed E-state index contributed by atoms with van der Waals surface area (Å²) in [5, 5.41) is 13.7. The number of hydrogen-bond donors (Lipinski definition) is 0. The van der Waals surface area contributed by atoms with E-state index in [2.05, 4.69) is 43.4 Å². The van der Waals surface area contributed by atoms with Crippen molar-refractivity contribution < 1.29 is 9.47 Å². The summed E-state index contributed by atoms with van der Waals surface area (Å²) in [4.78, 5) is 0. The summed E-state index contributed by atoms with van der Waals surface area (Å²) >= 11 is 5.05. The van der Waals surface area contributed by atoms with E-state index in [-0.39, 0.29) is 0 Å². The van der Waals surface area contributed by atoms with Gasteiger partial charge in [0.15, 0.2) is 17.3 Å². The Kier molecular flexibility index (Phi) is 7.11. The van der Waals surface area contributed by atoms with Gasteiger partial charge in [0.2, 0.25) is 5.16 Å². The van der Waals surface area contributed by atoms with Crippen molar-refractivity contribution in [3.63, 3.8) is 0 Å². The molecule has 6 nitrogen and oxygen atoms in total. The van der Waals surface area contributed by atoms with Crippen molar-refractivity contribution in [3.05, 3.63) is 63.9 Å². The van der Waals surface area contributed by atoms with Crippen LogP contribution in [-0.2, 0) is 5.75 Å². The first-order chi connectivity index (χ1) is 13.6. The smallest absolute Gasteiger partial charge is 0.212 e. The van der Waals surface area contributed by atoms with Crippen molar-refractivity contribution in [3.8, 4) is 11.5 Å². The molecule has 0 N–H and O–H groups in total. The first-order valence-corrected chi connectivity index (χ1v) is 10.5. The first-order valence-electron chi connectivity index (χ1n) is 8.75. The Morgan fingerprint density at radius 3 is 2.64 bits per heavy atom. The monoisotopic (exact) mass is 460 g/mol. The predicted molar refractivity (Wildman–Crippen MR) is 116 cm³/mol. The number of ether oxygens (including phenoxy) is 2. The van der Waals surface area contributed by atoms with Gasteiger partial charge in [-0.3, -0.25) is 0 Å². The lowest BCUT2D eigenvalue weighted by Crippen LogP contribution is -1.98. The highest BCUT2D eigenvalue weighted by molar-refractivity contribution is 9.10. The highest BCUT2D eigenvalue weighted by atomic mass is 79.9. The minimum Gasteiger partial charge on any atom is -0.493 e. The Balaban J connectivity index is 1.75. The highest BCUT2D eigenvalue weighted by Crippen LogP contribution is 2.28. The predicted octanol–water partition coefficient (Wildman–Crippen LogP) is 4.93. The van der Waals surface area contributed by atoms with E-state index in [0.717, 1.165) is 26.8 Å². The zero-order chi connectivity index (χ0) is 19.9. The van der Waals surface area contributed by atoms with Gasteiger partial charge in [0.05, 0.1) is 19.9 Å². The molecule has 0 saturated carbocycles. The molecule has 0 radical (unpaired) electrons. The van der Waals surface area contributed by atoms with Crippen molar-refractivity contribution in [1.29, 1.82) is 0 Å². The first kappa shape index (κ1) is 20.4. The van der Waals surface area contributed by atoms with E-state index >= 15 is 0 Å². The Hall–Kier alpha value is -2.32. The molecule has 8 heteroatoms. The molecule has 28 heavy (non-hydrogen) atoms. The van der Waals surface area contributed by atoms with Gasteiger partial charge < -0.3 is 9.47 Å². The zero-order valence-corrected chi connectivity index (χ0v) is 18.3. The molecule has 0 aliphatic heterocycles. The number of aromatic nitrogens is 3. The van der Waals surface area contributed by atoms with E-state index in [4.69, 9.17) is 9.47 Å². The molecule has 3 rings (SSSR count). The van der Waals surface area contributed by atoms with Crippen LogP contribution in [0.2, 0.25) is 0 Å². The van der Waals surface area contributed by atoms with Gasteiger partial charge in [-0.15, -0.1) is 10.2 Å². The van der Waals surface area contributed by atoms with Crippen LogP contribution in [0, 0.1) is 6.92 Å². The van der Waals surface area contributed by atoms with Crippen LogP contribution in [0.1, 0.15) is 23.9 Å². The van der Waals surface area contributed by atoms with Crippen LogP contribution >= 0.6 is 27.7 Å². The van der Waals surface area contributed by atoms with Gasteiger partial charge in [-0.1, -0.05) is 39.8 Å². The number of aryl methyl sites for hydroxylation is 1. The summed E-state index contributed by atoms with van der Waals surface area (Å²) in [5.41, 5.74) is 2.11. The normalized spacial score (nSPS) is 11.1. The molecule has 0 amide bonds. The van der Waals surface area contributed by atoms with Crippen molar-refractivity contribution >= 4 is 33.9 Å². The maximum absolute atomic E-state index is 5.55. The summed E-state index contributed by atoms with van der Waals surface area (Å²) in [5.74, 6) is 2.91. The van der Waals surface area contributed by atoms with Crippen LogP contribution in [0.4, 0.5) is 0 Å². The van der Waals surface area contributed by atoms with Crippen molar-refractivity contribution in [1.82, 2.24) is 14.9 Å². The fraction of sp³-hybridized carbons (Fsp3) is 0.250. The molecule has 0 bridgehead atoms. The van der Waals surface area contributed by atoms with E-state index in [0.29, 0.717) is 18.1 Å². The molecule has 1 aromatic heterocycles. The fourth-order valence-corrected chi connectivity index (χ4v) is 3.61. The highest BCUT2D eigenvalue weighted by Gasteiger charge is 2.09. The molecular weight excluding hydrogens is 440 g/mol. The van der Waals surface area contributed by atoms with E-state index in [1.807, 2.05) is 44.2 Å². The molecule has 3 aromatic rings. The lowest BCUT2D eigenvalue weighted by Gasteiger charge is -2.09. The zero-order valence-electron chi connectivity index (χ0n) is 15.9. The second-order valence-electron chi connectivity index (χ2n) is 5.84. The van der Waals surface area contributed by atoms with Crippen LogP contribution in [0.15, 0.2) is 57.2 Å². The molecule has 0 fully saturated rings. The van der Waals surface area contributed by atoms with Crippen LogP contribution < -0.4 is 9.47 Å². The third-order valence-corrected chi connectivity index (χ3v) is 5.38. The van der Waals surface area contributed by atoms with Gasteiger partial charge in [0, 0.05) is 10.2 Å². The number of hydrogen-bond acceptors (Lipinski definition) is 6. The van der Waals surface area contributed by atoms with E-state index in [1.54, 1.807) is 29.8 Å². The lowest BCUT2D eigenvalue weighted by atomic mass is 10.2. The third kappa shape index (κ3) is 5.14. The molecule has 0 saturated heterocycles. The Labute approximate surface area is 177 Å². The molecule has 2 aromatic carbocycles. The molecule has 0 atom stereocenters. The molecule has 1 heterocycles.